The van der Waals surface area contributed by atoms with Crippen molar-refractivity contribution >= 4 is 0 Å². The lowest BCUT2D eigenvalue weighted by Crippen LogP contribution is -2.24. The standard InChI is InChI=1S/C12H16O2/c1-8-3-4-10-5-6-14-12(9(2)13)11(10)7-8/h3-4,7,9,12-13H,5-6H2,1-2H3. The highest BCUT2D eigenvalue weighted by molar-refractivity contribution is 5.35. The van der Waals surface area contributed by atoms with Crippen LogP contribution in [0.15, 0.2) is 18.2 Å². The Bertz CT molecular complexity index is 331. The van der Waals surface area contributed by atoms with Gasteiger partial charge in [-0.3, -0.25) is 0 Å². The third-order valence-corrected chi connectivity index (χ3v) is 2.71. The van der Waals surface area contributed by atoms with Crippen LogP contribution in [0.5, 0.6) is 0 Å². The molecular formula is C12H16O2. The van der Waals surface area contributed by atoms with Gasteiger partial charge in [-0.1, -0.05) is 23.8 Å². The second-order valence-electron chi connectivity index (χ2n) is 3.98. The fraction of sp³-hybridized carbons (Fsp3) is 0.500. The van der Waals surface area contributed by atoms with Crippen LogP contribution in [0.2, 0.25) is 0 Å². The highest BCUT2D eigenvalue weighted by Crippen LogP contribution is 2.30. The van der Waals surface area contributed by atoms with Crippen molar-refractivity contribution in [1.29, 1.82) is 0 Å². The molecule has 0 aliphatic carbocycles. The van der Waals surface area contributed by atoms with Gasteiger partial charge < -0.3 is 9.84 Å². The number of benzene rings is 1. The minimum Gasteiger partial charge on any atom is -0.390 e. The number of hydrogen-bond acceptors (Lipinski definition) is 2. The molecule has 0 aromatic heterocycles. The molecule has 2 atom stereocenters. The van der Waals surface area contributed by atoms with E-state index in [0.717, 1.165) is 12.0 Å². The lowest BCUT2D eigenvalue weighted by molar-refractivity contribution is -0.0386. The van der Waals surface area contributed by atoms with E-state index in [1.165, 1.54) is 11.1 Å². The molecule has 1 N–H and O–H groups in total. The molecule has 1 aromatic rings. The molecule has 0 saturated heterocycles. The summed E-state index contributed by atoms with van der Waals surface area (Å²) in [4.78, 5) is 0. The molecule has 14 heavy (non-hydrogen) atoms. The minimum absolute atomic E-state index is 0.140. The summed E-state index contributed by atoms with van der Waals surface area (Å²) in [7, 11) is 0. The zero-order chi connectivity index (χ0) is 10.1. The van der Waals surface area contributed by atoms with Crippen molar-refractivity contribution in [3.8, 4) is 0 Å². The fourth-order valence-electron chi connectivity index (χ4n) is 1.99. The van der Waals surface area contributed by atoms with Gasteiger partial charge in [0.2, 0.25) is 0 Å². The summed E-state index contributed by atoms with van der Waals surface area (Å²) >= 11 is 0. The lowest BCUT2D eigenvalue weighted by Gasteiger charge is -2.28. The second-order valence-corrected chi connectivity index (χ2v) is 3.98. The topological polar surface area (TPSA) is 29.5 Å². The zero-order valence-corrected chi connectivity index (χ0v) is 8.66. The lowest BCUT2D eigenvalue weighted by atomic mass is 9.93. The highest BCUT2D eigenvalue weighted by Gasteiger charge is 2.24. The van der Waals surface area contributed by atoms with Crippen LogP contribution in [0.3, 0.4) is 0 Å². The Balaban J connectivity index is 2.41. The normalized spacial score (nSPS) is 22.9. The predicted octanol–water partition coefficient (Wildman–Crippen LogP) is 1.99. The van der Waals surface area contributed by atoms with Gasteiger partial charge in [-0.05, 0) is 31.4 Å². The molecule has 0 bridgehead atoms. The molecule has 0 saturated carbocycles. The van der Waals surface area contributed by atoms with Gasteiger partial charge in [0.05, 0.1) is 12.7 Å². The molecule has 2 nitrogen and oxygen atoms in total. The highest BCUT2D eigenvalue weighted by atomic mass is 16.5. The summed E-state index contributed by atoms with van der Waals surface area (Å²) in [6, 6.07) is 6.37. The minimum atomic E-state index is -0.434. The summed E-state index contributed by atoms with van der Waals surface area (Å²) in [6.07, 6.45) is 0.383. The van der Waals surface area contributed by atoms with E-state index in [-0.39, 0.29) is 6.10 Å². The molecule has 2 heteroatoms. The smallest absolute Gasteiger partial charge is 0.108 e. The van der Waals surface area contributed by atoms with Crippen LogP contribution < -0.4 is 0 Å². The maximum Gasteiger partial charge on any atom is 0.108 e. The van der Waals surface area contributed by atoms with Crippen molar-refractivity contribution in [2.75, 3.05) is 6.61 Å². The number of aliphatic hydroxyl groups excluding tert-OH is 1. The molecule has 2 unspecified atom stereocenters. The average molecular weight is 192 g/mol. The van der Waals surface area contributed by atoms with Crippen LogP contribution in [0.1, 0.15) is 29.7 Å². The van der Waals surface area contributed by atoms with Gasteiger partial charge in [-0.15, -0.1) is 0 Å². The van der Waals surface area contributed by atoms with Gasteiger partial charge in [-0.25, -0.2) is 0 Å². The summed E-state index contributed by atoms with van der Waals surface area (Å²) in [5.74, 6) is 0. The van der Waals surface area contributed by atoms with Crippen LogP contribution in [-0.2, 0) is 11.2 Å². The zero-order valence-electron chi connectivity index (χ0n) is 8.66. The molecule has 2 rings (SSSR count). The maximum atomic E-state index is 9.59. The number of hydrogen-bond donors (Lipinski definition) is 1. The van der Waals surface area contributed by atoms with Crippen LogP contribution in [0.4, 0.5) is 0 Å². The van der Waals surface area contributed by atoms with E-state index in [9.17, 15) is 5.11 Å². The Morgan fingerprint density at radius 1 is 1.50 bits per heavy atom. The molecule has 0 radical (unpaired) electrons. The van der Waals surface area contributed by atoms with E-state index in [0.29, 0.717) is 6.61 Å². The molecule has 1 aliphatic heterocycles. The first kappa shape index (κ1) is 9.69. The second kappa shape index (κ2) is 3.71. The van der Waals surface area contributed by atoms with Crippen molar-refractivity contribution in [3.63, 3.8) is 0 Å². The van der Waals surface area contributed by atoms with E-state index >= 15 is 0 Å². The van der Waals surface area contributed by atoms with Crippen LogP contribution in [-0.4, -0.2) is 17.8 Å². The van der Waals surface area contributed by atoms with Gasteiger partial charge in [0.15, 0.2) is 0 Å². The summed E-state index contributed by atoms with van der Waals surface area (Å²) in [5.41, 5.74) is 3.69. The molecule has 0 spiro atoms. The van der Waals surface area contributed by atoms with Gasteiger partial charge >= 0.3 is 0 Å². The molecule has 0 amide bonds. The third kappa shape index (κ3) is 1.68. The Morgan fingerprint density at radius 3 is 3.00 bits per heavy atom. The van der Waals surface area contributed by atoms with Crippen LogP contribution in [0.25, 0.3) is 0 Å². The Kier molecular flexibility index (Phi) is 2.57. The summed E-state index contributed by atoms with van der Waals surface area (Å²) < 4.78 is 5.57. The number of ether oxygens (including phenoxy) is 1. The van der Waals surface area contributed by atoms with Crippen LogP contribution in [0, 0.1) is 6.92 Å². The first-order valence-corrected chi connectivity index (χ1v) is 5.07. The fourth-order valence-corrected chi connectivity index (χ4v) is 1.99. The van der Waals surface area contributed by atoms with Crippen molar-refractivity contribution in [1.82, 2.24) is 0 Å². The van der Waals surface area contributed by atoms with E-state index in [2.05, 4.69) is 25.1 Å². The van der Waals surface area contributed by atoms with Crippen molar-refractivity contribution in [2.24, 2.45) is 0 Å². The number of aliphatic hydroxyl groups is 1. The maximum absolute atomic E-state index is 9.59. The van der Waals surface area contributed by atoms with Gasteiger partial charge in [0.25, 0.3) is 0 Å². The quantitative estimate of drug-likeness (QED) is 0.737. The number of rotatable bonds is 1. The van der Waals surface area contributed by atoms with Gasteiger partial charge in [-0.2, -0.15) is 0 Å². The van der Waals surface area contributed by atoms with E-state index < -0.39 is 6.10 Å². The third-order valence-electron chi connectivity index (χ3n) is 2.71. The SMILES string of the molecule is Cc1ccc2c(c1)C(C(C)O)OCC2. The molecule has 0 fully saturated rings. The predicted molar refractivity (Wildman–Crippen MR) is 55.3 cm³/mol. The summed E-state index contributed by atoms with van der Waals surface area (Å²) in [6.45, 7) is 4.56. The van der Waals surface area contributed by atoms with E-state index in [4.69, 9.17) is 4.74 Å². The van der Waals surface area contributed by atoms with E-state index in [1.54, 1.807) is 6.92 Å². The first-order valence-electron chi connectivity index (χ1n) is 5.07. The van der Waals surface area contributed by atoms with Crippen LogP contribution >= 0.6 is 0 Å². The van der Waals surface area contributed by atoms with Crippen molar-refractivity contribution in [2.45, 2.75) is 32.5 Å². The van der Waals surface area contributed by atoms with Crippen molar-refractivity contribution in [3.05, 3.63) is 34.9 Å². The number of aryl methyl sites for hydroxylation is 1. The number of fused-ring (bicyclic) bond motifs is 1. The monoisotopic (exact) mass is 192 g/mol. The average Bonchev–Trinajstić information content (AvgIpc) is 2.16. The largest absolute Gasteiger partial charge is 0.390 e. The molecule has 1 heterocycles. The first-order chi connectivity index (χ1) is 6.68. The molecular weight excluding hydrogens is 176 g/mol. The van der Waals surface area contributed by atoms with Gasteiger partial charge in [0, 0.05) is 0 Å². The van der Waals surface area contributed by atoms with Crippen molar-refractivity contribution < 1.29 is 9.84 Å². The summed E-state index contributed by atoms with van der Waals surface area (Å²) in [5, 5.41) is 9.59. The van der Waals surface area contributed by atoms with Gasteiger partial charge in [0.1, 0.15) is 6.10 Å². The molecule has 1 aliphatic rings. The molecule has 76 valence electrons. The molecule has 1 aromatic carbocycles. The Labute approximate surface area is 84.5 Å². The Hall–Kier alpha value is -0.860. The Morgan fingerprint density at radius 2 is 2.29 bits per heavy atom. The van der Waals surface area contributed by atoms with E-state index in [1.807, 2.05) is 0 Å².